The third-order valence-electron chi connectivity index (χ3n) is 3.05. The van der Waals surface area contributed by atoms with Gasteiger partial charge in [0.15, 0.2) is 5.78 Å². The van der Waals surface area contributed by atoms with Crippen molar-refractivity contribution in [3.63, 3.8) is 0 Å². The molecule has 2 rings (SSSR count). The monoisotopic (exact) mass is 312 g/mol. The number of Topliss-reactive ketones (excluding diaryl/α,β-unsaturated/α-hetero) is 1. The molecule has 0 aliphatic carbocycles. The summed E-state index contributed by atoms with van der Waals surface area (Å²) >= 11 is 12.1. The number of aryl methyl sites for hydroxylation is 2. The molecular formula is C14H14Cl2N2O2. The Hall–Kier alpha value is -1.52. The number of methoxy groups -OCH3 is 1. The number of ether oxygens (including phenoxy) is 1. The second kappa shape index (κ2) is 5.85. The second-order valence-corrected chi connectivity index (χ2v) is 5.23. The molecule has 0 amide bonds. The van der Waals surface area contributed by atoms with E-state index in [1.54, 1.807) is 36.9 Å². The first kappa shape index (κ1) is 14.9. The van der Waals surface area contributed by atoms with Crippen LogP contribution >= 0.6 is 23.2 Å². The quantitative estimate of drug-likeness (QED) is 0.812. The molecule has 0 spiro atoms. The van der Waals surface area contributed by atoms with Gasteiger partial charge in [-0.1, -0.05) is 23.2 Å². The molecule has 4 nitrogen and oxygen atoms in total. The Balaban J connectivity index is 2.35. The van der Waals surface area contributed by atoms with E-state index in [-0.39, 0.29) is 12.2 Å². The van der Waals surface area contributed by atoms with Gasteiger partial charge in [0.05, 0.1) is 35.5 Å². The molecule has 106 valence electrons. The lowest BCUT2D eigenvalue weighted by Gasteiger charge is -2.08. The predicted octanol–water partition coefficient (Wildman–Crippen LogP) is 3.47. The summed E-state index contributed by atoms with van der Waals surface area (Å²) in [4.78, 5) is 12.4. The summed E-state index contributed by atoms with van der Waals surface area (Å²) in [5.74, 6) is 0.378. The molecule has 1 aromatic heterocycles. The van der Waals surface area contributed by atoms with Crippen molar-refractivity contribution in [2.75, 3.05) is 7.11 Å². The fraction of sp³-hybridized carbons (Fsp3) is 0.286. The third-order valence-corrected chi connectivity index (χ3v) is 3.78. The molecule has 0 aliphatic heterocycles. The normalized spacial score (nSPS) is 10.7. The molecule has 0 bridgehead atoms. The van der Waals surface area contributed by atoms with Crippen LogP contribution in [0.15, 0.2) is 18.2 Å². The topological polar surface area (TPSA) is 44.1 Å². The van der Waals surface area contributed by atoms with Crippen molar-refractivity contribution in [1.82, 2.24) is 9.78 Å². The lowest BCUT2D eigenvalue weighted by Crippen LogP contribution is -2.09. The fourth-order valence-electron chi connectivity index (χ4n) is 2.02. The Labute approximate surface area is 127 Å². The summed E-state index contributed by atoms with van der Waals surface area (Å²) in [5.41, 5.74) is 1.82. The number of hydrogen-bond donors (Lipinski definition) is 0. The van der Waals surface area contributed by atoms with Crippen LogP contribution < -0.4 is 4.74 Å². The van der Waals surface area contributed by atoms with Crippen molar-refractivity contribution in [2.24, 2.45) is 7.05 Å². The van der Waals surface area contributed by atoms with Gasteiger partial charge in [0.1, 0.15) is 5.75 Å². The predicted molar refractivity (Wildman–Crippen MR) is 79.0 cm³/mol. The van der Waals surface area contributed by atoms with Crippen LogP contribution in [0.3, 0.4) is 0 Å². The van der Waals surface area contributed by atoms with Crippen LogP contribution in [0.25, 0.3) is 0 Å². The van der Waals surface area contributed by atoms with Crippen LogP contribution in [0.4, 0.5) is 0 Å². The van der Waals surface area contributed by atoms with Gasteiger partial charge in [0, 0.05) is 12.1 Å². The molecule has 1 aromatic carbocycles. The molecule has 0 aliphatic rings. The van der Waals surface area contributed by atoms with E-state index < -0.39 is 0 Å². The Bertz CT molecular complexity index is 665. The van der Waals surface area contributed by atoms with Gasteiger partial charge in [0.2, 0.25) is 0 Å². The van der Waals surface area contributed by atoms with Gasteiger partial charge in [-0.3, -0.25) is 9.48 Å². The number of aromatic nitrogens is 2. The van der Waals surface area contributed by atoms with E-state index >= 15 is 0 Å². The van der Waals surface area contributed by atoms with Crippen molar-refractivity contribution in [2.45, 2.75) is 13.3 Å². The lowest BCUT2D eigenvalue weighted by atomic mass is 10.1. The molecule has 0 atom stereocenters. The van der Waals surface area contributed by atoms with Gasteiger partial charge in [-0.05, 0) is 25.1 Å². The van der Waals surface area contributed by atoms with Gasteiger partial charge >= 0.3 is 0 Å². The molecular weight excluding hydrogens is 299 g/mol. The maximum Gasteiger partial charge on any atom is 0.172 e. The third kappa shape index (κ3) is 2.81. The van der Waals surface area contributed by atoms with Crippen LogP contribution in [-0.4, -0.2) is 22.7 Å². The van der Waals surface area contributed by atoms with E-state index in [2.05, 4.69) is 5.10 Å². The average Bonchev–Trinajstić information content (AvgIpc) is 2.65. The van der Waals surface area contributed by atoms with Gasteiger partial charge in [-0.15, -0.1) is 0 Å². The summed E-state index contributed by atoms with van der Waals surface area (Å²) < 4.78 is 6.81. The van der Waals surface area contributed by atoms with Crippen LogP contribution in [0.1, 0.15) is 21.7 Å². The molecule has 1 heterocycles. The van der Waals surface area contributed by atoms with Gasteiger partial charge in [-0.2, -0.15) is 5.10 Å². The summed E-state index contributed by atoms with van der Waals surface area (Å²) in [7, 11) is 3.28. The standard InChI is InChI=1S/C14H14Cl2N2O2/c1-8-14(16)11(18(2)17-8)7-12(19)10-6-9(15)4-5-13(10)20-3/h4-6H,7H2,1-3H3. The van der Waals surface area contributed by atoms with Crippen LogP contribution in [0.2, 0.25) is 10.0 Å². The number of halogens is 2. The van der Waals surface area contributed by atoms with Crippen LogP contribution in [-0.2, 0) is 13.5 Å². The number of carbonyl (C=O) groups excluding carboxylic acids is 1. The molecule has 0 N–H and O–H groups in total. The van der Waals surface area contributed by atoms with Crippen molar-refractivity contribution >= 4 is 29.0 Å². The van der Waals surface area contributed by atoms with Crippen LogP contribution in [0, 0.1) is 6.92 Å². The minimum absolute atomic E-state index is 0.116. The van der Waals surface area contributed by atoms with E-state index in [4.69, 9.17) is 27.9 Å². The summed E-state index contributed by atoms with van der Waals surface area (Å²) in [6.07, 6.45) is 0.146. The first-order chi connectivity index (χ1) is 9.43. The van der Waals surface area contributed by atoms with E-state index in [1.165, 1.54) is 7.11 Å². The number of nitrogens with zero attached hydrogens (tertiary/aromatic N) is 2. The molecule has 2 aromatic rings. The molecule has 0 fully saturated rings. The fourth-order valence-corrected chi connectivity index (χ4v) is 2.42. The smallest absolute Gasteiger partial charge is 0.172 e. The maximum absolute atomic E-state index is 12.4. The van der Waals surface area contributed by atoms with Gasteiger partial charge in [-0.25, -0.2) is 0 Å². The highest BCUT2D eigenvalue weighted by Crippen LogP contribution is 2.26. The first-order valence-corrected chi connectivity index (χ1v) is 6.74. The number of ketones is 1. The second-order valence-electron chi connectivity index (χ2n) is 4.41. The number of carbonyl (C=O) groups is 1. The van der Waals surface area contributed by atoms with Gasteiger partial charge in [0.25, 0.3) is 0 Å². The van der Waals surface area contributed by atoms with Gasteiger partial charge < -0.3 is 4.74 Å². The van der Waals surface area contributed by atoms with E-state index in [9.17, 15) is 4.79 Å². The SMILES string of the molecule is COc1ccc(Cl)cc1C(=O)Cc1c(Cl)c(C)nn1C. The molecule has 0 unspecified atom stereocenters. The van der Waals surface area contributed by atoms with Crippen molar-refractivity contribution < 1.29 is 9.53 Å². The Kier molecular flexibility index (Phi) is 4.35. The number of rotatable bonds is 4. The molecule has 20 heavy (non-hydrogen) atoms. The number of benzene rings is 1. The number of hydrogen-bond acceptors (Lipinski definition) is 3. The molecule has 6 heteroatoms. The Morgan fingerprint density at radius 3 is 2.65 bits per heavy atom. The van der Waals surface area contributed by atoms with Crippen molar-refractivity contribution in [1.29, 1.82) is 0 Å². The molecule has 0 radical (unpaired) electrons. The lowest BCUT2D eigenvalue weighted by molar-refractivity contribution is 0.0988. The van der Waals surface area contributed by atoms with Crippen LogP contribution in [0.5, 0.6) is 5.75 Å². The maximum atomic E-state index is 12.4. The average molecular weight is 313 g/mol. The zero-order chi connectivity index (χ0) is 14.9. The van der Waals surface area contributed by atoms with Crippen molar-refractivity contribution in [3.05, 3.63) is 45.2 Å². The highest BCUT2D eigenvalue weighted by Gasteiger charge is 2.19. The Morgan fingerprint density at radius 1 is 1.40 bits per heavy atom. The highest BCUT2D eigenvalue weighted by molar-refractivity contribution is 6.32. The minimum atomic E-state index is -0.116. The van der Waals surface area contributed by atoms with E-state index in [0.29, 0.717) is 32.7 Å². The Morgan fingerprint density at radius 2 is 2.10 bits per heavy atom. The highest BCUT2D eigenvalue weighted by atomic mass is 35.5. The summed E-state index contributed by atoms with van der Waals surface area (Å²) in [5, 5.41) is 5.20. The van der Waals surface area contributed by atoms with E-state index in [0.717, 1.165) is 0 Å². The molecule has 0 saturated heterocycles. The van der Waals surface area contributed by atoms with E-state index in [1.807, 2.05) is 0 Å². The zero-order valence-corrected chi connectivity index (χ0v) is 12.9. The van der Waals surface area contributed by atoms with Crippen molar-refractivity contribution in [3.8, 4) is 5.75 Å². The minimum Gasteiger partial charge on any atom is -0.496 e. The largest absolute Gasteiger partial charge is 0.496 e. The summed E-state index contributed by atoms with van der Waals surface area (Å²) in [6.45, 7) is 1.80. The zero-order valence-electron chi connectivity index (χ0n) is 11.4. The first-order valence-electron chi connectivity index (χ1n) is 5.98. The summed E-state index contributed by atoms with van der Waals surface area (Å²) in [6, 6.07) is 4.95. The molecule has 0 saturated carbocycles.